The lowest BCUT2D eigenvalue weighted by Gasteiger charge is -2.31. The first kappa shape index (κ1) is 20.4. The summed E-state index contributed by atoms with van der Waals surface area (Å²) in [4.78, 5) is 16.1. The van der Waals surface area contributed by atoms with Crippen molar-refractivity contribution in [3.8, 4) is 11.8 Å². The van der Waals surface area contributed by atoms with E-state index in [4.69, 9.17) is 0 Å². The van der Waals surface area contributed by atoms with Gasteiger partial charge in [0.1, 0.15) is 0 Å². The van der Waals surface area contributed by atoms with E-state index >= 15 is 0 Å². The molecule has 2 nitrogen and oxygen atoms in total. The molecule has 1 aromatic rings. The molecule has 27 heavy (non-hydrogen) atoms. The Labute approximate surface area is 169 Å². The molecule has 3 rings (SSSR count). The summed E-state index contributed by atoms with van der Waals surface area (Å²) in [7, 11) is 2.20. The standard InChI is InChI=1S/C24H33NOS/c1-17(2)6-7-18(3)22-15-25(5)13-9-20(22)21-14-19(27-23(21)16-26)8-10-24(4)11-12-24/h14,16-18H,6-7,9,11-13,15H2,1-5H3. The van der Waals surface area contributed by atoms with Gasteiger partial charge in [0, 0.05) is 24.1 Å². The van der Waals surface area contributed by atoms with Gasteiger partial charge in [-0.15, -0.1) is 11.3 Å². The average molecular weight is 384 g/mol. The molecule has 0 saturated heterocycles. The monoisotopic (exact) mass is 383 g/mol. The van der Waals surface area contributed by atoms with Crippen molar-refractivity contribution in [1.29, 1.82) is 0 Å². The van der Waals surface area contributed by atoms with Crippen LogP contribution < -0.4 is 0 Å². The number of hydrogen-bond acceptors (Lipinski definition) is 3. The van der Waals surface area contributed by atoms with E-state index in [-0.39, 0.29) is 5.41 Å². The van der Waals surface area contributed by atoms with E-state index in [0.29, 0.717) is 5.92 Å². The maximum atomic E-state index is 11.8. The van der Waals surface area contributed by atoms with Crippen molar-refractivity contribution in [3.63, 3.8) is 0 Å². The number of aldehydes is 1. The molecular formula is C24H33NOS. The Morgan fingerprint density at radius 3 is 2.67 bits per heavy atom. The molecule has 1 saturated carbocycles. The Kier molecular flexibility index (Phi) is 6.28. The Balaban J connectivity index is 1.94. The van der Waals surface area contributed by atoms with Gasteiger partial charge in [0.2, 0.25) is 0 Å². The Morgan fingerprint density at radius 1 is 1.30 bits per heavy atom. The molecule has 0 bridgehead atoms. The molecule has 0 amide bonds. The highest BCUT2D eigenvalue weighted by Gasteiger charge is 2.35. The smallest absolute Gasteiger partial charge is 0.160 e. The Morgan fingerprint density at radius 2 is 2.04 bits per heavy atom. The minimum Gasteiger partial charge on any atom is -0.302 e. The molecule has 0 aromatic carbocycles. The molecule has 3 heteroatoms. The van der Waals surface area contributed by atoms with E-state index in [9.17, 15) is 4.79 Å². The molecule has 2 aliphatic rings. The maximum absolute atomic E-state index is 11.8. The van der Waals surface area contributed by atoms with Gasteiger partial charge in [-0.25, -0.2) is 0 Å². The number of thiophene rings is 1. The molecule has 2 heterocycles. The van der Waals surface area contributed by atoms with Crippen LogP contribution in [0.3, 0.4) is 0 Å². The highest BCUT2D eigenvalue weighted by molar-refractivity contribution is 7.14. The fourth-order valence-electron chi connectivity index (χ4n) is 3.76. The van der Waals surface area contributed by atoms with Crippen LogP contribution in [-0.2, 0) is 0 Å². The molecule has 1 aromatic heterocycles. The zero-order chi connectivity index (χ0) is 19.6. The minimum absolute atomic E-state index is 0.217. The molecule has 1 atom stereocenters. The summed E-state index contributed by atoms with van der Waals surface area (Å²) in [6.45, 7) is 11.2. The number of hydrogen-bond donors (Lipinski definition) is 0. The van der Waals surface area contributed by atoms with Gasteiger partial charge in [0.05, 0.1) is 9.75 Å². The fourth-order valence-corrected chi connectivity index (χ4v) is 4.62. The van der Waals surface area contributed by atoms with Crippen LogP contribution in [0.2, 0.25) is 0 Å². The quantitative estimate of drug-likeness (QED) is 0.452. The lowest BCUT2D eigenvalue weighted by molar-refractivity contribution is 0.112. The van der Waals surface area contributed by atoms with Crippen LogP contribution in [0.5, 0.6) is 0 Å². The highest BCUT2D eigenvalue weighted by atomic mass is 32.1. The molecule has 0 spiro atoms. The van der Waals surface area contributed by atoms with E-state index in [1.54, 1.807) is 11.3 Å². The molecule has 146 valence electrons. The lowest BCUT2D eigenvalue weighted by atomic mass is 9.84. The van der Waals surface area contributed by atoms with Gasteiger partial charge in [-0.1, -0.05) is 39.0 Å². The van der Waals surface area contributed by atoms with E-state index in [2.05, 4.69) is 57.5 Å². The molecule has 1 aliphatic carbocycles. The van der Waals surface area contributed by atoms with E-state index in [1.807, 2.05) is 0 Å². The summed E-state index contributed by atoms with van der Waals surface area (Å²) in [6.07, 6.45) is 6.93. The first-order chi connectivity index (χ1) is 12.8. The summed E-state index contributed by atoms with van der Waals surface area (Å²) in [5.74, 6) is 8.05. The Bertz CT molecular complexity index is 785. The van der Waals surface area contributed by atoms with Crippen LogP contribution in [0.25, 0.3) is 5.57 Å². The van der Waals surface area contributed by atoms with Crippen LogP contribution in [0.1, 0.15) is 79.9 Å². The normalized spacial score (nSPS) is 20.4. The number of carbonyl (C=O) groups is 1. The third-order valence-electron chi connectivity index (χ3n) is 6.02. The van der Waals surface area contributed by atoms with Gasteiger partial charge in [-0.2, -0.15) is 0 Å². The van der Waals surface area contributed by atoms with Gasteiger partial charge in [0.15, 0.2) is 6.29 Å². The summed E-state index contributed by atoms with van der Waals surface area (Å²) in [6, 6.07) is 2.18. The number of nitrogens with zero attached hydrogens (tertiary/aromatic N) is 1. The zero-order valence-corrected chi connectivity index (χ0v) is 18.3. The summed E-state index contributed by atoms with van der Waals surface area (Å²) in [5, 5.41) is 0. The number of likely N-dealkylation sites (N-methyl/N-ethyl adjacent to an activating group) is 1. The third-order valence-corrected chi connectivity index (χ3v) is 7.00. The van der Waals surface area contributed by atoms with Gasteiger partial charge >= 0.3 is 0 Å². The second kappa shape index (κ2) is 8.33. The third kappa shape index (κ3) is 5.12. The molecule has 1 unspecified atom stereocenters. The summed E-state index contributed by atoms with van der Waals surface area (Å²) < 4.78 is 0. The van der Waals surface area contributed by atoms with Crippen LogP contribution in [-0.4, -0.2) is 31.3 Å². The zero-order valence-electron chi connectivity index (χ0n) is 17.5. The van der Waals surface area contributed by atoms with Crippen LogP contribution >= 0.6 is 11.3 Å². The maximum Gasteiger partial charge on any atom is 0.160 e. The predicted octanol–water partition coefficient (Wildman–Crippen LogP) is 5.87. The highest BCUT2D eigenvalue weighted by Crippen LogP contribution is 2.44. The van der Waals surface area contributed by atoms with Crippen LogP contribution in [0.15, 0.2) is 11.6 Å². The van der Waals surface area contributed by atoms with Gasteiger partial charge in [0.25, 0.3) is 0 Å². The van der Waals surface area contributed by atoms with E-state index in [1.165, 1.54) is 36.8 Å². The molecular weight excluding hydrogens is 350 g/mol. The van der Waals surface area contributed by atoms with Crippen LogP contribution in [0, 0.1) is 29.1 Å². The van der Waals surface area contributed by atoms with Crippen molar-refractivity contribution in [2.24, 2.45) is 17.3 Å². The number of rotatable bonds is 6. The molecule has 1 aliphatic heterocycles. The van der Waals surface area contributed by atoms with Crippen molar-refractivity contribution in [1.82, 2.24) is 4.90 Å². The largest absolute Gasteiger partial charge is 0.302 e. The van der Waals surface area contributed by atoms with Crippen molar-refractivity contribution < 1.29 is 4.79 Å². The molecule has 0 radical (unpaired) electrons. The Hall–Kier alpha value is -1.37. The lowest BCUT2D eigenvalue weighted by Crippen LogP contribution is -2.30. The van der Waals surface area contributed by atoms with Crippen molar-refractivity contribution in [2.75, 3.05) is 20.1 Å². The number of carbonyl (C=O) groups excluding carboxylic acids is 1. The van der Waals surface area contributed by atoms with E-state index < -0.39 is 0 Å². The first-order valence-corrected chi connectivity index (χ1v) is 11.2. The summed E-state index contributed by atoms with van der Waals surface area (Å²) in [5.41, 5.74) is 4.31. The SMILES string of the molecule is CC(C)CCC(C)C1=C(c2cc(C#CC3(C)CC3)sc2C=O)CCN(C)C1. The van der Waals surface area contributed by atoms with Crippen molar-refractivity contribution in [3.05, 3.63) is 27.0 Å². The second-order valence-corrected chi connectivity index (χ2v) is 10.3. The first-order valence-electron chi connectivity index (χ1n) is 10.3. The topological polar surface area (TPSA) is 20.3 Å². The van der Waals surface area contributed by atoms with Gasteiger partial charge in [-0.3, -0.25) is 4.79 Å². The van der Waals surface area contributed by atoms with Gasteiger partial charge in [-0.05, 0) is 68.7 Å². The predicted molar refractivity (Wildman–Crippen MR) is 116 cm³/mol. The molecule has 0 N–H and O–H groups in total. The average Bonchev–Trinajstić information content (AvgIpc) is 3.23. The van der Waals surface area contributed by atoms with Crippen molar-refractivity contribution >= 4 is 23.2 Å². The molecule has 1 fully saturated rings. The van der Waals surface area contributed by atoms with E-state index in [0.717, 1.165) is 47.0 Å². The van der Waals surface area contributed by atoms with Crippen LogP contribution in [0.4, 0.5) is 0 Å². The second-order valence-electron chi connectivity index (χ2n) is 9.18. The van der Waals surface area contributed by atoms with Gasteiger partial charge < -0.3 is 4.90 Å². The summed E-state index contributed by atoms with van der Waals surface area (Å²) >= 11 is 1.56. The van der Waals surface area contributed by atoms with Crippen molar-refractivity contribution in [2.45, 2.75) is 59.8 Å². The minimum atomic E-state index is 0.217. The fraction of sp³-hybridized carbons (Fsp3) is 0.625.